The Hall–Kier alpha value is -3.18. The van der Waals surface area contributed by atoms with Gasteiger partial charge in [-0.05, 0) is 83.5 Å². The van der Waals surface area contributed by atoms with Crippen LogP contribution in [-0.4, -0.2) is 37.9 Å². The zero-order chi connectivity index (χ0) is 40.7. The van der Waals surface area contributed by atoms with Gasteiger partial charge in [0, 0.05) is 19.4 Å². The SMILES string of the molecule is CC/C=C\C/C=C\C/C=C\C/C=C\CCCCC(=O)OCC(COCCCCCCCCCCCCCC)OC(=O)CC/C=C\C/C=C\C/C=C\C/C=C\CC. The molecule has 0 radical (unpaired) electrons. The maximum atomic E-state index is 12.7. The van der Waals surface area contributed by atoms with Gasteiger partial charge in [-0.2, -0.15) is 0 Å². The van der Waals surface area contributed by atoms with Gasteiger partial charge in [0.25, 0.3) is 0 Å². The van der Waals surface area contributed by atoms with E-state index in [2.05, 4.69) is 112 Å². The van der Waals surface area contributed by atoms with E-state index in [1.165, 1.54) is 64.2 Å². The molecule has 0 amide bonds. The molecule has 1 unspecified atom stereocenters. The highest BCUT2D eigenvalue weighted by Crippen LogP contribution is 2.12. The number of rotatable bonds is 40. The Balaban J connectivity index is 4.44. The minimum absolute atomic E-state index is 0.0316. The largest absolute Gasteiger partial charge is 0.462 e. The third-order valence-electron chi connectivity index (χ3n) is 9.13. The average molecular weight is 777 g/mol. The molecule has 1 atom stereocenters. The quantitative estimate of drug-likeness (QED) is 0.0352. The van der Waals surface area contributed by atoms with Crippen LogP contribution in [0.25, 0.3) is 0 Å². The summed E-state index contributed by atoms with van der Waals surface area (Å²) in [6.45, 7) is 7.46. The van der Waals surface area contributed by atoms with Crippen LogP contribution >= 0.6 is 0 Å². The van der Waals surface area contributed by atoms with E-state index >= 15 is 0 Å². The number of carbonyl (C=O) groups excluding carboxylic acids is 2. The van der Waals surface area contributed by atoms with Gasteiger partial charge in [0.05, 0.1) is 6.61 Å². The standard InChI is InChI=1S/C51H84O5/c1-4-7-10-13-16-19-22-25-26-28-29-32-35-38-41-44-50(52)55-48-49(47-54-46-43-40-37-34-31-24-21-18-15-12-9-6-3)56-51(53)45-42-39-36-33-30-27-23-20-17-14-11-8-5-2/h7-8,10-11,16-17,19-20,25-27,29-30,32,36,39,49H,4-6,9,12-15,18,21-24,28,31,33-35,37-38,40-48H2,1-3H3/b10-7-,11-8-,19-16-,20-17-,26-25-,30-27-,32-29-,39-36-. The van der Waals surface area contributed by atoms with Gasteiger partial charge in [0.1, 0.15) is 6.61 Å². The fourth-order valence-electron chi connectivity index (χ4n) is 5.81. The molecule has 0 rings (SSSR count). The first-order valence-corrected chi connectivity index (χ1v) is 22.8. The molecule has 0 aromatic carbocycles. The van der Waals surface area contributed by atoms with Crippen LogP contribution in [0.2, 0.25) is 0 Å². The molecule has 0 heterocycles. The van der Waals surface area contributed by atoms with E-state index in [1.807, 2.05) is 6.08 Å². The van der Waals surface area contributed by atoms with Crippen molar-refractivity contribution >= 4 is 11.9 Å². The van der Waals surface area contributed by atoms with Crippen molar-refractivity contribution in [1.29, 1.82) is 0 Å². The smallest absolute Gasteiger partial charge is 0.306 e. The summed E-state index contributed by atoms with van der Waals surface area (Å²) in [6.07, 6.45) is 61.4. The van der Waals surface area contributed by atoms with Crippen molar-refractivity contribution in [2.75, 3.05) is 19.8 Å². The van der Waals surface area contributed by atoms with Gasteiger partial charge in [-0.3, -0.25) is 9.59 Å². The first kappa shape index (κ1) is 52.8. The minimum atomic E-state index is -0.592. The Morgan fingerprint density at radius 2 is 0.839 bits per heavy atom. The van der Waals surface area contributed by atoms with Gasteiger partial charge in [-0.15, -0.1) is 0 Å². The van der Waals surface area contributed by atoms with Crippen LogP contribution in [0.3, 0.4) is 0 Å². The van der Waals surface area contributed by atoms with E-state index in [0.29, 0.717) is 19.4 Å². The van der Waals surface area contributed by atoms with Crippen LogP contribution in [-0.2, 0) is 23.8 Å². The predicted octanol–water partition coefficient (Wildman–Crippen LogP) is 15.1. The zero-order valence-electron chi connectivity index (χ0n) is 36.4. The number of ether oxygens (including phenoxy) is 3. The summed E-state index contributed by atoms with van der Waals surface area (Å²) < 4.78 is 17.2. The molecular formula is C51H84O5. The van der Waals surface area contributed by atoms with Crippen LogP contribution in [0, 0.1) is 0 Å². The molecule has 0 aliphatic carbocycles. The molecule has 0 bridgehead atoms. The second kappa shape index (κ2) is 46.2. The van der Waals surface area contributed by atoms with Crippen LogP contribution in [0.1, 0.15) is 188 Å². The lowest BCUT2D eigenvalue weighted by atomic mass is 10.1. The summed E-state index contributed by atoms with van der Waals surface area (Å²) in [5.74, 6) is -0.544. The predicted molar refractivity (Wildman–Crippen MR) is 242 cm³/mol. The number of hydrogen-bond donors (Lipinski definition) is 0. The van der Waals surface area contributed by atoms with Crippen molar-refractivity contribution in [3.05, 3.63) is 97.2 Å². The maximum Gasteiger partial charge on any atom is 0.306 e. The Labute approximate surface area is 345 Å². The van der Waals surface area contributed by atoms with Crippen molar-refractivity contribution in [3.63, 3.8) is 0 Å². The first-order chi connectivity index (χ1) is 27.6. The molecule has 0 saturated heterocycles. The molecule has 0 spiro atoms. The molecule has 0 N–H and O–H groups in total. The van der Waals surface area contributed by atoms with Gasteiger partial charge in [-0.1, -0.05) is 189 Å². The Morgan fingerprint density at radius 3 is 1.32 bits per heavy atom. The summed E-state index contributed by atoms with van der Waals surface area (Å²) in [7, 11) is 0. The number of carbonyl (C=O) groups is 2. The number of hydrogen-bond acceptors (Lipinski definition) is 5. The van der Waals surface area contributed by atoms with Gasteiger partial charge in [0.2, 0.25) is 0 Å². The molecule has 0 aromatic heterocycles. The zero-order valence-corrected chi connectivity index (χ0v) is 36.4. The highest BCUT2D eigenvalue weighted by atomic mass is 16.6. The highest BCUT2D eigenvalue weighted by molar-refractivity contribution is 5.70. The molecule has 0 fully saturated rings. The average Bonchev–Trinajstić information content (AvgIpc) is 3.20. The summed E-state index contributed by atoms with van der Waals surface area (Å²) in [5.41, 5.74) is 0. The molecule has 5 nitrogen and oxygen atoms in total. The van der Waals surface area contributed by atoms with Gasteiger partial charge < -0.3 is 14.2 Å². The summed E-state index contributed by atoms with van der Waals surface area (Å²) in [4.78, 5) is 25.2. The molecule has 0 aliphatic rings. The van der Waals surface area contributed by atoms with Gasteiger partial charge in [0.15, 0.2) is 6.10 Å². The molecule has 0 aromatic rings. The van der Waals surface area contributed by atoms with Gasteiger partial charge >= 0.3 is 11.9 Å². The van der Waals surface area contributed by atoms with Crippen LogP contribution in [0.15, 0.2) is 97.2 Å². The van der Waals surface area contributed by atoms with Crippen molar-refractivity contribution in [3.8, 4) is 0 Å². The third-order valence-corrected chi connectivity index (χ3v) is 9.13. The molecular weight excluding hydrogens is 693 g/mol. The van der Waals surface area contributed by atoms with Crippen molar-refractivity contribution in [1.82, 2.24) is 0 Å². The number of esters is 2. The first-order valence-electron chi connectivity index (χ1n) is 22.8. The Bertz CT molecular complexity index is 1110. The molecule has 0 aliphatic heterocycles. The van der Waals surface area contributed by atoms with Crippen LogP contribution in [0.5, 0.6) is 0 Å². The van der Waals surface area contributed by atoms with Crippen molar-refractivity contribution in [2.24, 2.45) is 0 Å². The monoisotopic (exact) mass is 777 g/mol. The summed E-state index contributed by atoms with van der Waals surface area (Å²) in [5, 5.41) is 0. The second-order valence-corrected chi connectivity index (χ2v) is 14.5. The van der Waals surface area contributed by atoms with E-state index in [-0.39, 0.29) is 31.6 Å². The van der Waals surface area contributed by atoms with Gasteiger partial charge in [-0.25, -0.2) is 0 Å². The Morgan fingerprint density at radius 1 is 0.411 bits per heavy atom. The molecule has 0 saturated carbocycles. The van der Waals surface area contributed by atoms with Crippen molar-refractivity contribution < 1.29 is 23.8 Å². The molecule has 5 heteroatoms. The highest BCUT2D eigenvalue weighted by Gasteiger charge is 2.17. The maximum absolute atomic E-state index is 12.7. The number of allylic oxidation sites excluding steroid dienone is 16. The van der Waals surface area contributed by atoms with Crippen LogP contribution < -0.4 is 0 Å². The molecule has 318 valence electrons. The lowest BCUT2D eigenvalue weighted by molar-refractivity contribution is -0.162. The lowest BCUT2D eigenvalue weighted by Gasteiger charge is -2.18. The van der Waals surface area contributed by atoms with E-state index in [0.717, 1.165) is 83.5 Å². The normalized spacial score (nSPS) is 13.1. The number of unbranched alkanes of at least 4 members (excludes halogenated alkanes) is 13. The minimum Gasteiger partial charge on any atom is -0.462 e. The fraction of sp³-hybridized carbons (Fsp3) is 0.647. The van der Waals surface area contributed by atoms with Crippen LogP contribution in [0.4, 0.5) is 0 Å². The fourth-order valence-corrected chi connectivity index (χ4v) is 5.81. The summed E-state index contributed by atoms with van der Waals surface area (Å²) >= 11 is 0. The van der Waals surface area contributed by atoms with Crippen molar-refractivity contribution in [2.45, 2.75) is 194 Å². The van der Waals surface area contributed by atoms with E-state index < -0.39 is 6.10 Å². The molecule has 56 heavy (non-hydrogen) atoms. The Kier molecular flexibility index (Phi) is 43.6. The summed E-state index contributed by atoms with van der Waals surface area (Å²) in [6, 6.07) is 0. The van der Waals surface area contributed by atoms with E-state index in [4.69, 9.17) is 14.2 Å². The lowest BCUT2D eigenvalue weighted by Crippen LogP contribution is -2.30. The topological polar surface area (TPSA) is 61.8 Å². The van der Waals surface area contributed by atoms with E-state index in [9.17, 15) is 9.59 Å². The third kappa shape index (κ3) is 43.5. The second-order valence-electron chi connectivity index (χ2n) is 14.5. The van der Waals surface area contributed by atoms with E-state index in [1.54, 1.807) is 0 Å².